The first-order chi connectivity index (χ1) is 11.1. The van der Waals surface area contributed by atoms with E-state index in [1.54, 1.807) is 0 Å². The second-order valence-corrected chi connectivity index (χ2v) is 6.33. The molecule has 0 saturated heterocycles. The van der Waals surface area contributed by atoms with Gasteiger partial charge in [-0.25, -0.2) is 4.39 Å². The summed E-state index contributed by atoms with van der Waals surface area (Å²) in [7, 11) is 4.22. The van der Waals surface area contributed by atoms with Crippen LogP contribution in [-0.4, -0.2) is 30.1 Å². The summed E-state index contributed by atoms with van der Waals surface area (Å²) in [4.78, 5) is 2.22. The van der Waals surface area contributed by atoms with Gasteiger partial charge in [-0.05, 0) is 62.8 Å². The third-order valence-electron chi connectivity index (χ3n) is 4.19. The molecule has 2 aromatic carbocycles. The summed E-state index contributed by atoms with van der Waals surface area (Å²) in [5.74, 6) is -0.185. The van der Waals surface area contributed by atoms with Crippen LogP contribution in [0.1, 0.15) is 17.5 Å². The SMILES string of the molecule is CN(C)CCCc1cn(Cc2ccc(F)cc2)c2ccccc12. The Kier molecular flexibility index (Phi) is 4.77. The molecule has 23 heavy (non-hydrogen) atoms. The first kappa shape index (κ1) is 15.8. The largest absolute Gasteiger partial charge is 0.343 e. The van der Waals surface area contributed by atoms with Gasteiger partial charge in [0.2, 0.25) is 0 Å². The zero-order chi connectivity index (χ0) is 16.2. The molecule has 0 aliphatic rings. The first-order valence-corrected chi connectivity index (χ1v) is 8.09. The number of aryl methyl sites for hydroxylation is 1. The molecule has 0 fully saturated rings. The Morgan fingerprint density at radius 2 is 1.74 bits per heavy atom. The average molecular weight is 310 g/mol. The second kappa shape index (κ2) is 6.97. The maximum Gasteiger partial charge on any atom is 0.123 e. The molecule has 3 rings (SSSR count). The molecule has 0 unspecified atom stereocenters. The van der Waals surface area contributed by atoms with Crippen molar-refractivity contribution in [1.82, 2.24) is 9.47 Å². The highest BCUT2D eigenvalue weighted by Gasteiger charge is 2.08. The molecule has 0 amide bonds. The third-order valence-corrected chi connectivity index (χ3v) is 4.19. The lowest BCUT2D eigenvalue weighted by molar-refractivity contribution is 0.400. The van der Waals surface area contributed by atoms with Crippen molar-refractivity contribution >= 4 is 10.9 Å². The van der Waals surface area contributed by atoms with Crippen molar-refractivity contribution in [1.29, 1.82) is 0 Å². The van der Waals surface area contributed by atoms with E-state index < -0.39 is 0 Å². The van der Waals surface area contributed by atoms with E-state index in [1.165, 1.54) is 28.6 Å². The van der Waals surface area contributed by atoms with E-state index in [1.807, 2.05) is 12.1 Å². The molecule has 3 aromatic rings. The standard InChI is InChI=1S/C20H23FN2/c1-22(2)13-5-6-17-15-23(20-8-4-3-7-19(17)20)14-16-9-11-18(21)12-10-16/h3-4,7-12,15H,5-6,13-14H2,1-2H3. The predicted octanol–water partition coefficient (Wildman–Crippen LogP) is 4.32. The van der Waals surface area contributed by atoms with Crippen LogP contribution in [0.3, 0.4) is 0 Å². The van der Waals surface area contributed by atoms with Gasteiger partial charge in [-0.2, -0.15) is 0 Å². The summed E-state index contributed by atoms with van der Waals surface area (Å²) in [5.41, 5.74) is 3.76. The minimum absolute atomic E-state index is 0.185. The minimum atomic E-state index is -0.185. The van der Waals surface area contributed by atoms with Crippen LogP contribution in [0, 0.1) is 5.82 Å². The Balaban J connectivity index is 1.86. The summed E-state index contributed by atoms with van der Waals surface area (Å²) in [6, 6.07) is 15.3. The summed E-state index contributed by atoms with van der Waals surface area (Å²) in [5, 5.41) is 1.33. The molecular formula is C20H23FN2. The number of hydrogen-bond acceptors (Lipinski definition) is 1. The van der Waals surface area contributed by atoms with Crippen LogP contribution in [0.15, 0.2) is 54.7 Å². The summed E-state index contributed by atoms with van der Waals surface area (Å²) in [6.07, 6.45) is 4.48. The van der Waals surface area contributed by atoms with Crippen molar-refractivity contribution in [3.63, 3.8) is 0 Å². The number of rotatable bonds is 6. The minimum Gasteiger partial charge on any atom is -0.343 e. The number of benzene rings is 2. The molecule has 1 aromatic heterocycles. The van der Waals surface area contributed by atoms with Gasteiger partial charge in [0, 0.05) is 23.6 Å². The topological polar surface area (TPSA) is 8.17 Å². The van der Waals surface area contributed by atoms with Crippen molar-refractivity contribution in [3.8, 4) is 0 Å². The van der Waals surface area contributed by atoms with Crippen molar-refractivity contribution in [2.24, 2.45) is 0 Å². The maximum absolute atomic E-state index is 13.1. The molecular weight excluding hydrogens is 287 g/mol. The number of hydrogen-bond donors (Lipinski definition) is 0. The lowest BCUT2D eigenvalue weighted by atomic mass is 10.1. The maximum atomic E-state index is 13.1. The van der Waals surface area contributed by atoms with Gasteiger partial charge in [0.1, 0.15) is 5.82 Å². The van der Waals surface area contributed by atoms with Crippen molar-refractivity contribution in [2.45, 2.75) is 19.4 Å². The third kappa shape index (κ3) is 3.80. The van der Waals surface area contributed by atoms with E-state index in [9.17, 15) is 4.39 Å². The normalized spacial score (nSPS) is 11.5. The van der Waals surface area contributed by atoms with Gasteiger partial charge in [0.05, 0.1) is 0 Å². The lowest BCUT2D eigenvalue weighted by Crippen LogP contribution is -2.13. The Morgan fingerprint density at radius 3 is 2.48 bits per heavy atom. The molecule has 0 saturated carbocycles. The van der Waals surface area contributed by atoms with E-state index in [2.05, 4.69) is 54.0 Å². The fraction of sp³-hybridized carbons (Fsp3) is 0.300. The quantitative estimate of drug-likeness (QED) is 0.658. The Bertz CT molecular complexity index is 772. The van der Waals surface area contributed by atoms with Gasteiger partial charge in [-0.15, -0.1) is 0 Å². The number of nitrogens with zero attached hydrogens (tertiary/aromatic N) is 2. The zero-order valence-corrected chi connectivity index (χ0v) is 13.8. The second-order valence-electron chi connectivity index (χ2n) is 6.33. The molecule has 0 aliphatic heterocycles. The van der Waals surface area contributed by atoms with E-state index >= 15 is 0 Å². The fourth-order valence-electron chi connectivity index (χ4n) is 3.03. The zero-order valence-electron chi connectivity index (χ0n) is 13.8. The van der Waals surface area contributed by atoms with Gasteiger partial charge in [0.25, 0.3) is 0 Å². The molecule has 0 aliphatic carbocycles. The van der Waals surface area contributed by atoms with E-state index in [0.29, 0.717) is 0 Å². The van der Waals surface area contributed by atoms with E-state index in [0.717, 1.165) is 31.5 Å². The molecule has 0 bridgehead atoms. The monoisotopic (exact) mass is 310 g/mol. The van der Waals surface area contributed by atoms with Crippen molar-refractivity contribution in [2.75, 3.05) is 20.6 Å². The van der Waals surface area contributed by atoms with Gasteiger partial charge in [0.15, 0.2) is 0 Å². The summed E-state index contributed by atoms with van der Waals surface area (Å²) in [6.45, 7) is 1.87. The van der Waals surface area contributed by atoms with E-state index in [-0.39, 0.29) is 5.82 Å². The fourth-order valence-corrected chi connectivity index (χ4v) is 3.03. The highest BCUT2D eigenvalue weighted by atomic mass is 19.1. The predicted molar refractivity (Wildman–Crippen MR) is 94.3 cm³/mol. The van der Waals surface area contributed by atoms with E-state index in [4.69, 9.17) is 0 Å². The number of fused-ring (bicyclic) bond motifs is 1. The van der Waals surface area contributed by atoms with Crippen LogP contribution in [-0.2, 0) is 13.0 Å². The molecule has 0 radical (unpaired) electrons. The highest BCUT2D eigenvalue weighted by Crippen LogP contribution is 2.23. The average Bonchev–Trinajstić information content (AvgIpc) is 2.88. The molecule has 1 heterocycles. The van der Waals surface area contributed by atoms with Crippen LogP contribution in [0.4, 0.5) is 4.39 Å². The Morgan fingerprint density at radius 1 is 1.00 bits per heavy atom. The summed E-state index contributed by atoms with van der Waals surface area (Å²) < 4.78 is 15.3. The van der Waals surface area contributed by atoms with Crippen molar-refractivity contribution in [3.05, 3.63) is 71.7 Å². The number of para-hydroxylation sites is 1. The highest BCUT2D eigenvalue weighted by molar-refractivity contribution is 5.84. The van der Waals surface area contributed by atoms with Crippen LogP contribution >= 0.6 is 0 Å². The van der Waals surface area contributed by atoms with Crippen LogP contribution < -0.4 is 0 Å². The molecule has 2 nitrogen and oxygen atoms in total. The van der Waals surface area contributed by atoms with Gasteiger partial charge in [-0.1, -0.05) is 30.3 Å². The van der Waals surface area contributed by atoms with Gasteiger partial charge < -0.3 is 9.47 Å². The van der Waals surface area contributed by atoms with Crippen LogP contribution in [0.5, 0.6) is 0 Å². The smallest absolute Gasteiger partial charge is 0.123 e. The first-order valence-electron chi connectivity index (χ1n) is 8.09. The van der Waals surface area contributed by atoms with Crippen molar-refractivity contribution < 1.29 is 4.39 Å². The number of halogens is 1. The molecule has 3 heteroatoms. The Labute approximate surface area is 137 Å². The van der Waals surface area contributed by atoms with Crippen LogP contribution in [0.2, 0.25) is 0 Å². The Hall–Kier alpha value is -2.13. The lowest BCUT2D eigenvalue weighted by Gasteiger charge is -2.08. The number of aromatic nitrogens is 1. The van der Waals surface area contributed by atoms with Gasteiger partial charge in [-0.3, -0.25) is 0 Å². The molecule has 0 spiro atoms. The molecule has 0 N–H and O–H groups in total. The van der Waals surface area contributed by atoms with Crippen LogP contribution in [0.25, 0.3) is 10.9 Å². The molecule has 0 atom stereocenters. The summed E-state index contributed by atoms with van der Waals surface area (Å²) >= 11 is 0. The van der Waals surface area contributed by atoms with Gasteiger partial charge >= 0.3 is 0 Å². The molecule has 120 valence electrons.